The molecule has 0 fully saturated rings. The molecule has 114 valence electrons. The van der Waals surface area contributed by atoms with Gasteiger partial charge in [-0.15, -0.1) is 0 Å². The number of rotatable bonds is 7. The SMILES string of the molecule is CC(=O)C(=Cc1cccc([N+](=O)[O-])c1)C(=O)OCCN=[N+]=[N-]. The monoisotopic (exact) mass is 304 g/mol. The van der Waals surface area contributed by atoms with Crippen LogP contribution < -0.4 is 0 Å². The zero-order valence-electron chi connectivity index (χ0n) is 11.6. The number of ketones is 1. The normalized spacial score (nSPS) is 10.5. The lowest BCUT2D eigenvalue weighted by molar-refractivity contribution is -0.384. The van der Waals surface area contributed by atoms with Crippen LogP contribution in [0.2, 0.25) is 0 Å². The van der Waals surface area contributed by atoms with Gasteiger partial charge in [0, 0.05) is 17.0 Å². The van der Waals surface area contributed by atoms with Crippen molar-refractivity contribution in [2.45, 2.75) is 6.92 Å². The quantitative estimate of drug-likeness (QED) is 0.0728. The third kappa shape index (κ3) is 5.06. The summed E-state index contributed by atoms with van der Waals surface area (Å²) in [5.74, 6) is -1.42. The molecule has 0 aliphatic rings. The molecule has 0 bridgehead atoms. The molecule has 0 saturated carbocycles. The van der Waals surface area contributed by atoms with E-state index in [-0.39, 0.29) is 24.4 Å². The maximum Gasteiger partial charge on any atom is 0.341 e. The first kappa shape index (κ1) is 16.9. The molecule has 22 heavy (non-hydrogen) atoms. The van der Waals surface area contributed by atoms with Crippen molar-refractivity contribution in [3.8, 4) is 0 Å². The van der Waals surface area contributed by atoms with Crippen molar-refractivity contribution in [2.75, 3.05) is 13.2 Å². The summed E-state index contributed by atoms with van der Waals surface area (Å²) in [6.45, 7) is 0.963. The van der Waals surface area contributed by atoms with Crippen molar-refractivity contribution in [1.29, 1.82) is 0 Å². The fraction of sp³-hybridized carbons (Fsp3) is 0.231. The molecule has 9 nitrogen and oxygen atoms in total. The molecule has 0 aliphatic carbocycles. The largest absolute Gasteiger partial charge is 0.462 e. The number of nitro groups is 1. The number of hydrogen-bond acceptors (Lipinski definition) is 6. The number of carbonyl (C=O) groups excluding carboxylic acids is 2. The summed E-state index contributed by atoms with van der Waals surface area (Å²) >= 11 is 0. The lowest BCUT2D eigenvalue weighted by atomic mass is 10.1. The third-order valence-corrected chi connectivity index (χ3v) is 2.48. The number of esters is 1. The van der Waals surface area contributed by atoms with Crippen LogP contribution in [0.25, 0.3) is 16.5 Å². The number of carbonyl (C=O) groups is 2. The number of nitro benzene ring substituents is 1. The van der Waals surface area contributed by atoms with Gasteiger partial charge in [0.2, 0.25) is 0 Å². The van der Waals surface area contributed by atoms with E-state index in [1.165, 1.54) is 37.3 Å². The summed E-state index contributed by atoms with van der Waals surface area (Å²) in [5.41, 5.74) is 8.01. The molecule has 0 saturated heterocycles. The van der Waals surface area contributed by atoms with E-state index >= 15 is 0 Å². The Bertz CT molecular complexity index is 677. The van der Waals surface area contributed by atoms with Gasteiger partial charge in [0.05, 0.1) is 18.1 Å². The average Bonchev–Trinajstić information content (AvgIpc) is 2.49. The fourth-order valence-electron chi connectivity index (χ4n) is 1.50. The minimum atomic E-state index is -0.882. The number of Topliss-reactive ketones (excluding diaryl/α,β-unsaturated/α-hetero) is 1. The third-order valence-electron chi connectivity index (χ3n) is 2.48. The molecule has 0 unspecified atom stereocenters. The number of hydrogen-bond donors (Lipinski definition) is 0. The Hall–Kier alpha value is -3.19. The van der Waals surface area contributed by atoms with Gasteiger partial charge < -0.3 is 4.74 Å². The summed E-state index contributed by atoms with van der Waals surface area (Å²) in [6, 6.07) is 5.48. The van der Waals surface area contributed by atoms with Crippen LogP contribution in [-0.2, 0) is 14.3 Å². The van der Waals surface area contributed by atoms with Crippen molar-refractivity contribution in [3.05, 3.63) is 56.0 Å². The average molecular weight is 304 g/mol. The predicted molar refractivity (Wildman–Crippen MR) is 76.7 cm³/mol. The van der Waals surface area contributed by atoms with Crippen LogP contribution in [-0.4, -0.2) is 29.8 Å². The van der Waals surface area contributed by atoms with Gasteiger partial charge in [0.15, 0.2) is 5.78 Å². The van der Waals surface area contributed by atoms with E-state index in [1.54, 1.807) is 0 Å². The molecular formula is C13H12N4O5. The van der Waals surface area contributed by atoms with Crippen LogP contribution in [0.3, 0.4) is 0 Å². The molecular weight excluding hydrogens is 292 g/mol. The predicted octanol–water partition coefficient (Wildman–Crippen LogP) is 2.42. The Labute approximate surface area is 125 Å². The van der Waals surface area contributed by atoms with E-state index in [9.17, 15) is 19.7 Å². The molecule has 1 rings (SSSR count). The second kappa shape index (κ2) is 8.18. The smallest absolute Gasteiger partial charge is 0.341 e. The minimum Gasteiger partial charge on any atom is -0.462 e. The summed E-state index contributed by atoms with van der Waals surface area (Å²) in [6.07, 6.45) is 1.21. The van der Waals surface area contributed by atoms with Gasteiger partial charge in [-0.05, 0) is 24.1 Å². The Morgan fingerprint density at radius 3 is 2.82 bits per heavy atom. The number of benzene rings is 1. The van der Waals surface area contributed by atoms with Gasteiger partial charge in [-0.1, -0.05) is 17.2 Å². The first-order valence-corrected chi connectivity index (χ1v) is 6.10. The zero-order chi connectivity index (χ0) is 16.5. The van der Waals surface area contributed by atoms with Crippen LogP contribution in [0.15, 0.2) is 35.0 Å². The number of azide groups is 1. The fourth-order valence-corrected chi connectivity index (χ4v) is 1.50. The van der Waals surface area contributed by atoms with Crippen LogP contribution >= 0.6 is 0 Å². The van der Waals surface area contributed by atoms with Gasteiger partial charge in [0.1, 0.15) is 5.57 Å². The van der Waals surface area contributed by atoms with Crippen molar-refractivity contribution in [3.63, 3.8) is 0 Å². The molecule has 1 aromatic carbocycles. The van der Waals surface area contributed by atoms with Crippen LogP contribution in [0.4, 0.5) is 5.69 Å². The number of ether oxygens (including phenoxy) is 1. The van der Waals surface area contributed by atoms with Crippen LogP contribution in [0, 0.1) is 10.1 Å². The standard InChI is InChI=1S/C13H12N4O5/c1-9(18)12(13(19)22-6-5-15-16-14)8-10-3-2-4-11(7-10)17(20)21/h2-4,7-8H,5-6H2,1H3. The Balaban J connectivity index is 2.96. The van der Waals surface area contributed by atoms with E-state index in [4.69, 9.17) is 10.3 Å². The summed E-state index contributed by atoms with van der Waals surface area (Å²) in [4.78, 5) is 35.9. The molecule has 0 aromatic heterocycles. The summed E-state index contributed by atoms with van der Waals surface area (Å²) in [5, 5.41) is 13.9. The van der Waals surface area contributed by atoms with E-state index in [2.05, 4.69) is 10.0 Å². The van der Waals surface area contributed by atoms with Gasteiger partial charge in [-0.3, -0.25) is 14.9 Å². The van der Waals surface area contributed by atoms with Crippen molar-refractivity contribution in [2.24, 2.45) is 5.11 Å². The van der Waals surface area contributed by atoms with Gasteiger partial charge in [0.25, 0.3) is 5.69 Å². The molecule has 0 N–H and O–H groups in total. The van der Waals surface area contributed by atoms with E-state index in [1.807, 2.05) is 0 Å². The van der Waals surface area contributed by atoms with E-state index in [0.29, 0.717) is 5.56 Å². The van der Waals surface area contributed by atoms with Crippen LogP contribution in [0.1, 0.15) is 12.5 Å². The lowest BCUT2D eigenvalue weighted by Gasteiger charge is -2.04. The number of non-ortho nitro benzene ring substituents is 1. The highest BCUT2D eigenvalue weighted by molar-refractivity contribution is 6.19. The van der Waals surface area contributed by atoms with Crippen LogP contribution in [0.5, 0.6) is 0 Å². The highest BCUT2D eigenvalue weighted by Crippen LogP contribution is 2.16. The minimum absolute atomic E-state index is 0.0514. The van der Waals surface area contributed by atoms with E-state index in [0.717, 1.165) is 0 Å². The highest BCUT2D eigenvalue weighted by atomic mass is 16.6. The molecule has 9 heteroatoms. The molecule has 0 spiro atoms. The molecule has 0 atom stereocenters. The summed E-state index contributed by atoms with van der Waals surface area (Å²) in [7, 11) is 0. The maximum absolute atomic E-state index is 11.8. The molecule has 0 radical (unpaired) electrons. The van der Waals surface area contributed by atoms with Gasteiger partial charge in [-0.2, -0.15) is 0 Å². The topological polar surface area (TPSA) is 135 Å². The molecule has 0 aliphatic heterocycles. The molecule has 0 heterocycles. The summed E-state index contributed by atoms with van der Waals surface area (Å²) < 4.78 is 4.79. The highest BCUT2D eigenvalue weighted by Gasteiger charge is 2.16. The van der Waals surface area contributed by atoms with E-state index < -0.39 is 16.7 Å². The lowest BCUT2D eigenvalue weighted by Crippen LogP contribution is -2.15. The molecule has 0 amide bonds. The second-order valence-corrected chi connectivity index (χ2v) is 4.06. The van der Waals surface area contributed by atoms with Gasteiger partial charge in [-0.25, -0.2) is 4.79 Å². The van der Waals surface area contributed by atoms with Crippen molar-refractivity contribution < 1.29 is 19.2 Å². The van der Waals surface area contributed by atoms with Crippen molar-refractivity contribution in [1.82, 2.24) is 0 Å². The Morgan fingerprint density at radius 2 is 2.23 bits per heavy atom. The Kier molecular flexibility index (Phi) is 6.27. The number of nitrogens with zero attached hydrogens (tertiary/aromatic N) is 4. The molecule has 1 aromatic rings. The van der Waals surface area contributed by atoms with Crippen molar-refractivity contribution >= 4 is 23.5 Å². The zero-order valence-corrected chi connectivity index (χ0v) is 11.6. The first-order valence-electron chi connectivity index (χ1n) is 6.10. The second-order valence-electron chi connectivity index (χ2n) is 4.06. The first-order chi connectivity index (χ1) is 10.5. The Morgan fingerprint density at radius 1 is 1.50 bits per heavy atom. The maximum atomic E-state index is 11.8. The van der Waals surface area contributed by atoms with Gasteiger partial charge >= 0.3 is 5.97 Å².